The standard InChI is InChI=1S/C24H27N5O6S/c1-33-20-12-17-19(13-21(20)34-2)25-14-26-23(17)22-16-11-15(3-4-18(16)28-24(22)30)36(31,32)27-5-6-29-7-9-35-10-8-29/h3-4,11-14,22,27H,5-10H2,1-2H3,(H,28,30). The van der Waals surface area contributed by atoms with E-state index in [1.165, 1.54) is 32.7 Å². The van der Waals surface area contributed by atoms with E-state index in [2.05, 4.69) is 24.9 Å². The van der Waals surface area contributed by atoms with Gasteiger partial charge in [-0.15, -0.1) is 0 Å². The fourth-order valence-corrected chi connectivity index (χ4v) is 5.61. The van der Waals surface area contributed by atoms with Crippen LogP contribution in [0, 0.1) is 0 Å². The lowest BCUT2D eigenvalue weighted by Gasteiger charge is -2.26. The number of ether oxygens (including phenoxy) is 3. The molecular formula is C24H27N5O6S. The number of nitrogens with zero attached hydrogens (tertiary/aromatic N) is 3. The van der Waals surface area contributed by atoms with Gasteiger partial charge < -0.3 is 19.5 Å². The number of rotatable bonds is 8. The van der Waals surface area contributed by atoms with Crippen molar-refractivity contribution in [2.45, 2.75) is 10.8 Å². The topological polar surface area (TPSA) is 132 Å². The van der Waals surface area contributed by atoms with Crippen molar-refractivity contribution < 1.29 is 27.4 Å². The van der Waals surface area contributed by atoms with Gasteiger partial charge in [0.05, 0.1) is 43.5 Å². The fourth-order valence-electron chi connectivity index (χ4n) is 4.56. The van der Waals surface area contributed by atoms with Crippen LogP contribution in [0.3, 0.4) is 0 Å². The smallest absolute Gasteiger partial charge is 0.240 e. The number of methoxy groups -OCH3 is 2. The Labute approximate surface area is 208 Å². The second-order valence-electron chi connectivity index (χ2n) is 8.51. The van der Waals surface area contributed by atoms with Crippen LogP contribution < -0.4 is 19.5 Å². The molecule has 1 saturated heterocycles. The fraction of sp³-hybridized carbons (Fsp3) is 0.375. The predicted molar refractivity (Wildman–Crippen MR) is 132 cm³/mol. The first-order valence-corrected chi connectivity index (χ1v) is 13.0. The van der Waals surface area contributed by atoms with E-state index in [0.717, 1.165) is 13.1 Å². The van der Waals surface area contributed by atoms with Crippen molar-refractivity contribution in [1.82, 2.24) is 19.6 Å². The monoisotopic (exact) mass is 513 g/mol. The molecule has 0 bridgehead atoms. The van der Waals surface area contributed by atoms with Gasteiger partial charge in [-0.25, -0.2) is 23.1 Å². The Bertz CT molecular complexity index is 1410. The number of hydrogen-bond donors (Lipinski definition) is 2. The molecule has 0 radical (unpaired) electrons. The molecule has 1 aromatic heterocycles. The molecule has 1 fully saturated rings. The van der Waals surface area contributed by atoms with Gasteiger partial charge in [-0.05, 0) is 29.8 Å². The summed E-state index contributed by atoms with van der Waals surface area (Å²) in [6.45, 7) is 3.72. The first kappa shape index (κ1) is 24.4. The first-order valence-electron chi connectivity index (χ1n) is 11.5. The lowest BCUT2D eigenvalue weighted by atomic mass is 9.94. The highest BCUT2D eigenvalue weighted by Gasteiger charge is 2.35. The van der Waals surface area contributed by atoms with E-state index in [4.69, 9.17) is 14.2 Å². The average Bonchev–Trinajstić information content (AvgIpc) is 3.22. The molecule has 11 nitrogen and oxygen atoms in total. The minimum atomic E-state index is -3.78. The molecule has 5 rings (SSSR count). The summed E-state index contributed by atoms with van der Waals surface area (Å²) in [6, 6.07) is 8.07. The molecule has 2 aliphatic heterocycles. The van der Waals surface area contributed by atoms with Crippen LogP contribution in [0.4, 0.5) is 5.69 Å². The molecule has 3 aromatic rings. The van der Waals surface area contributed by atoms with Crippen molar-refractivity contribution in [2.75, 3.05) is 58.9 Å². The highest BCUT2D eigenvalue weighted by atomic mass is 32.2. The van der Waals surface area contributed by atoms with Crippen LogP contribution in [0.25, 0.3) is 10.9 Å². The van der Waals surface area contributed by atoms with Crippen molar-refractivity contribution >= 4 is 32.5 Å². The Hall–Kier alpha value is -3.32. The van der Waals surface area contributed by atoms with Crippen LogP contribution in [-0.2, 0) is 19.6 Å². The third-order valence-corrected chi connectivity index (χ3v) is 7.89. The lowest BCUT2D eigenvalue weighted by Crippen LogP contribution is -2.41. The molecule has 36 heavy (non-hydrogen) atoms. The maximum absolute atomic E-state index is 13.1. The van der Waals surface area contributed by atoms with Crippen LogP contribution in [0.15, 0.2) is 41.6 Å². The number of anilines is 1. The van der Waals surface area contributed by atoms with Crippen molar-refractivity contribution in [3.8, 4) is 11.5 Å². The third-order valence-electron chi connectivity index (χ3n) is 6.43. The van der Waals surface area contributed by atoms with Crippen molar-refractivity contribution in [3.63, 3.8) is 0 Å². The third kappa shape index (κ3) is 4.60. The normalized spacial score (nSPS) is 18.2. The first-order chi connectivity index (χ1) is 17.4. The van der Waals surface area contributed by atoms with Gasteiger partial charge in [0.25, 0.3) is 0 Å². The van der Waals surface area contributed by atoms with E-state index >= 15 is 0 Å². The van der Waals surface area contributed by atoms with Crippen LogP contribution in [0.2, 0.25) is 0 Å². The number of benzene rings is 2. The zero-order valence-electron chi connectivity index (χ0n) is 20.0. The minimum Gasteiger partial charge on any atom is -0.493 e. The van der Waals surface area contributed by atoms with Gasteiger partial charge in [-0.3, -0.25) is 9.69 Å². The lowest BCUT2D eigenvalue weighted by molar-refractivity contribution is -0.116. The SMILES string of the molecule is COc1cc2ncnc(C3C(=O)Nc4ccc(S(=O)(=O)NCCN5CCOCC5)cc43)c2cc1OC. The molecule has 2 N–H and O–H groups in total. The molecular weight excluding hydrogens is 486 g/mol. The van der Waals surface area contributed by atoms with E-state index in [-0.39, 0.29) is 17.3 Å². The van der Waals surface area contributed by atoms with Gasteiger partial charge in [0, 0.05) is 43.3 Å². The van der Waals surface area contributed by atoms with Crippen LogP contribution >= 0.6 is 0 Å². The largest absolute Gasteiger partial charge is 0.493 e. The summed E-state index contributed by atoms with van der Waals surface area (Å²) in [4.78, 5) is 24.0. The van der Waals surface area contributed by atoms with E-state index in [1.807, 2.05) is 0 Å². The van der Waals surface area contributed by atoms with E-state index in [9.17, 15) is 13.2 Å². The highest BCUT2D eigenvalue weighted by molar-refractivity contribution is 7.89. The van der Waals surface area contributed by atoms with E-state index in [0.29, 0.717) is 59.1 Å². The van der Waals surface area contributed by atoms with Gasteiger partial charge in [0.1, 0.15) is 12.2 Å². The zero-order chi connectivity index (χ0) is 25.3. The summed E-state index contributed by atoms with van der Waals surface area (Å²) in [5.41, 5.74) is 2.11. The molecule has 1 atom stereocenters. The molecule has 1 amide bonds. The molecule has 1 unspecified atom stereocenters. The molecule has 190 valence electrons. The second kappa shape index (κ2) is 9.97. The van der Waals surface area contributed by atoms with E-state index < -0.39 is 15.9 Å². The predicted octanol–water partition coefficient (Wildman–Crippen LogP) is 1.34. The van der Waals surface area contributed by atoms with E-state index in [1.54, 1.807) is 18.2 Å². The van der Waals surface area contributed by atoms with Crippen LogP contribution in [0.1, 0.15) is 17.2 Å². The Morgan fingerprint density at radius 3 is 2.61 bits per heavy atom. The Balaban J connectivity index is 1.46. The Kier molecular flexibility index (Phi) is 6.75. The molecule has 0 spiro atoms. The molecule has 0 saturated carbocycles. The zero-order valence-corrected chi connectivity index (χ0v) is 20.8. The number of sulfonamides is 1. The van der Waals surface area contributed by atoms with Gasteiger partial charge >= 0.3 is 0 Å². The van der Waals surface area contributed by atoms with Crippen molar-refractivity contribution in [3.05, 3.63) is 47.9 Å². The maximum Gasteiger partial charge on any atom is 0.240 e. The maximum atomic E-state index is 13.1. The van der Waals surface area contributed by atoms with Crippen molar-refractivity contribution in [2.24, 2.45) is 0 Å². The quantitative estimate of drug-likeness (QED) is 0.458. The van der Waals surface area contributed by atoms with Crippen LogP contribution in [0.5, 0.6) is 11.5 Å². The van der Waals surface area contributed by atoms with Gasteiger partial charge in [0.15, 0.2) is 11.5 Å². The molecule has 2 aromatic carbocycles. The summed E-state index contributed by atoms with van der Waals surface area (Å²) >= 11 is 0. The summed E-state index contributed by atoms with van der Waals surface area (Å²) in [5.74, 6) is -0.135. The number of nitrogens with one attached hydrogen (secondary N) is 2. The number of carbonyl (C=O) groups is 1. The Morgan fingerprint density at radius 2 is 1.86 bits per heavy atom. The van der Waals surface area contributed by atoms with Gasteiger partial charge in [0.2, 0.25) is 15.9 Å². The number of hydrogen-bond acceptors (Lipinski definition) is 9. The summed E-state index contributed by atoms with van der Waals surface area (Å²) in [5, 5.41) is 3.45. The number of amides is 1. The summed E-state index contributed by atoms with van der Waals surface area (Å²) in [6.07, 6.45) is 1.38. The van der Waals surface area contributed by atoms with Gasteiger partial charge in [-0.1, -0.05) is 0 Å². The second-order valence-corrected chi connectivity index (χ2v) is 10.3. The molecule has 3 heterocycles. The summed E-state index contributed by atoms with van der Waals surface area (Å²) in [7, 11) is -0.731. The van der Waals surface area contributed by atoms with Crippen LogP contribution in [-0.4, -0.2) is 82.8 Å². The minimum absolute atomic E-state index is 0.0855. The molecule has 12 heteroatoms. The molecule has 0 aliphatic carbocycles. The van der Waals surface area contributed by atoms with Crippen molar-refractivity contribution in [1.29, 1.82) is 0 Å². The number of morpholine rings is 1. The average molecular weight is 514 g/mol. The number of carbonyl (C=O) groups excluding carboxylic acids is 1. The van der Waals surface area contributed by atoms with Gasteiger partial charge in [-0.2, -0.15) is 0 Å². The summed E-state index contributed by atoms with van der Waals surface area (Å²) < 4.78 is 44.9. The molecule has 2 aliphatic rings. The Morgan fingerprint density at radius 1 is 1.11 bits per heavy atom. The highest BCUT2D eigenvalue weighted by Crippen LogP contribution is 2.41. The number of fused-ring (bicyclic) bond motifs is 2. The number of aromatic nitrogens is 2.